The third kappa shape index (κ3) is 5.35. The molecule has 0 bridgehead atoms. The number of aliphatic carboxylic acids is 2. The van der Waals surface area contributed by atoms with E-state index in [0.29, 0.717) is 11.3 Å². The van der Waals surface area contributed by atoms with E-state index in [1.807, 2.05) is 0 Å². The first-order chi connectivity index (χ1) is 19.0. The molecule has 0 radical (unpaired) electrons. The average Bonchev–Trinajstić information content (AvgIpc) is 2.93. The number of rotatable bonds is 9. The van der Waals surface area contributed by atoms with Gasteiger partial charge >= 0.3 is 11.9 Å². The molecule has 0 saturated carbocycles. The fourth-order valence-electron chi connectivity index (χ4n) is 5.13. The summed E-state index contributed by atoms with van der Waals surface area (Å²) in [4.78, 5) is 61.8. The van der Waals surface area contributed by atoms with Crippen molar-refractivity contribution in [2.24, 2.45) is 11.8 Å². The molecule has 40 heavy (non-hydrogen) atoms. The summed E-state index contributed by atoms with van der Waals surface area (Å²) < 4.78 is 5.18. The maximum Gasteiger partial charge on any atom is 0.316 e. The largest absolute Gasteiger partial charge is 0.497 e. The van der Waals surface area contributed by atoms with Gasteiger partial charge < -0.3 is 14.9 Å². The normalized spacial score (nSPS) is 21.0. The molecular formula is C27H23N3O10. The fraction of sp³-hybridized carbons (Fsp3) is 0.222. The van der Waals surface area contributed by atoms with Gasteiger partial charge in [-0.2, -0.15) is 0 Å². The molecule has 13 nitrogen and oxygen atoms in total. The van der Waals surface area contributed by atoms with E-state index in [1.165, 1.54) is 48.4 Å². The van der Waals surface area contributed by atoms with Crippen LogP contribution in [0.15, 0.2) is 72.8 Å². The number of ether oxygens (including phenoxy) is 1. The second kappa shape index (κ2) is 11.3. The lowest BCUT2D eigenvalue weighted by Crippen LogP contribution is -2.55. The van der Waals surface area contributed by atoms with Crippen molar-refractivity contribution in [1.29, 1.82) is 0 Å². The second-order valence-electron chi connectivity index (χ2n) is 9.15. The summed E-state index contributed by atoms with van der Waals surface area (Å²) in [7, 11) is 1.47. The van der Waals surface area contributed by atoms with Crippen LogP contribution in [-0.4, -0.2) is 49.8 Å². The van der Waals surface area contributed by atoms with Crippen LogP contribution in [0.4, 0.5) is 11.4 Å². The number of carbonyl (C=O) groups is 3. The molecule has 1 saturated heterocycles. The number of Topliss-reactive ketones (excluding diaryl/α,β-unsaturated/α-hetero) is 1. The number of nitro benzene ring substituents is 2. The molecule has 0 aromatic heterocycles. The van der Waals surface area contributed by atoms with Gasteiger partial charge in [-0.1, -0.05) is 36.4 Å². The number of ketones is 1. The number of carboxylic acids is 2. The zero-order valence-corrected chi connectivity index (χ0v) is 20.9. The molecule has 2 N–H and O–H groups in total. The number of hydrogen-bond acceptors (Lipinski definition) is 9. The van der Waals surface area contributed by atoms with Crippen LogP contribution in [0.25, 0.3) is 0 Å². The molecule has 3 aromatic rings. The highest BCUT2D eigenvalue weighted by atomic mass is 16.6. The van der Waals surface area contributed by atoms with Gasteiger partial charge in [0.15, 0.2) is 5.78 Å². The third-order valence-electron chi connectivity index (χ3n) is 6.86. The van der Waals surface area contributed by atoms with E-state index in [1.54, 1.807) is 24.3 Å². The minimum atomic E-state index is -1.91. The average molecular weight is 549 g/mol. The van der Waals surface area contributed by atoms with Crippen molar-refractivity contribution in [3.63, 3.8) is 0 Å². The molecule has 0 amide bonds. The summed E-state index contributed by atoms with van der Waals surface area (Å²) in [6, 6.07) is 14.1. The highest BCUT2D eigenvalue weighted by Gasteiger charge is 2.55. The number of benzene rings is 3. The number of nitro groups is 2. The summed E-state index contributed by atoms with van der Waals surface area (Å²) in [5, 5.41) is 43.4. The minimum Gasteiger partial charge on any atom is -0.497 e. The van der Waals surface area contributed by atoms with Crippen molar-refractivity contribution in [3.8, 4) is 5.75 Å². The lowest BCUT2D eigenvalue weighted by Gasteiger charge is -2.47. The van der Waals surface area contributed by atoms with E-state index in [4.69, 9.17) is 4.74 Å². The highest BCUT2D eigenvalue weighted by Crippen LogP contribution is 2.48. The Hall–Kier alpha value is -5.17. The zero-order chi connectivity index (χ0) is 29.1. The highest BCUT2D eigenvalue weighted by molar-refractivity contribution is 6.09. The predicted molar refractivity (Wildman–Crippen MR) is 137 cm³/mol. The molecule has 0 aliphatic carbocycles. The van der Waals surface area contributed by atoms with E-state index in [2.05, 4.69) is 0 Å². The van der Waals surface area contributed by atoms with Crippen molar-refractivity contribution in [1.82, 2.24) is 4.90 Å². The molecule has 1 aliphatic rings. The molecule has 0 spiro atoms. The smallest absolute Gasteiger partial charge is 0.316 e. The predicted octanol–water partition coefficient (Wildman–Crippen LogP) is 3.78. The van der Waals surface area contributed by atoms with Crippen molar-refractivity contribution < 1.29 is 39.2 Å². The summed E-state index contributed by atoms with van der Waals surface area (Å²) in [6.07, 6.45) is 0. The lowest BCUT2D eigenvalue weighted by atomic mass is 9.72. The molecule has 1 heterocycles. The lowest BCUT2D eigenvalue weighted by molar-refractivity contribution is -0.385. The summed E-state index contributed by atoms with van der Waals surface area (Å²) >= 11 is 0. The quantitative estimate of drug-likeness (QED) is 0.224. The Kier molecular flexibility index (Phi) is 7.86. The van der Waals surface area contributed by atoms with Gasteiger partial charge in [-0.15, -0.1) is 0 Å². The van der Waals surface area contributed by atoms with Crippen LogP contribution >= 0.6 is 0 Å². The van der Waals surface area contributed by atoms with Gasteiger partial charge in [-0.25, -0.2) is 0 Å². The number of hydrogen-bond donors (Lipinski definition) is 2. The maximum atomic E-state index is 13.6. The van der Waals surface area contributed by atoms with Gasteiger partial charge in [-0.3, -0.25) is 39.5 Å². The number of methoxy groups -OCH3 is 1. The van der Waals surface area contributed by atoms with Crippen molar-refractivity contribution >= 4 is 29.1 Å². The Labute approximate surface area is 226 Å². The molecule has 3 aromatic carbocycles. The first kappa shape index (κ1) is 27.9. The van der Waals surface area contributed by atoms with Gasteiger partial charge in [0.25, 0.3) is 11.4 Å². The van der Waals surface area contributed by atoms with Crippen molar-refractivity contribution in [2.45, 2.75) is 18.6 Å². The number of carbonyl (C=O) groups excluding carboxylic acids is 1. The van der Waals surface area contributed by atoms with E-state index in [0.717, 1.165) is 12.1 Å². The van der Waals surface area contributed by atoms with E-state index in [9.17, 15) is 44.8 Å². The Morgan fingerprint density at radius 3 is 1.65 bits per heavy atom. The fourth-order valence-corrected chi connectivity index (χ4v) is 5.13. The topological polar surface area (TPSA) is 190 Å². The Morgan fingerprint density at radius 1 is 0.825 bits per heavy atom. The number of non-ortho nitro benzene ring substituents is 2. The number of nitrogens with zero attached hydrogens (tertiary/aromatic N) is 3. The van der Waals surface area contributed by atoms with Gasteiger partial charge in [0, 0.05) is 30.8 Å². The molecular weight excluding hydrogens is 526 g/mol. The van der Waals surface area contributed by atoms with Crippen LogP contribution in [0.1, 0.15) is 28.8 Å². The molecule has 1 aliphatic heterocycles. The van der Waals surface area contributed by atoms with E-state index in [-0.39, 0.29) is 29.0 Å². The Morgan fingerprint density at radius 2 is 1.27 bits per heavy atom. The second-order valence-corrected chi connectivity index (χ2v) is 9.15. The molecule has 1 fully saturated rings. The molecule has 2 unspecified atom stereocenters. The van der Waals surface area contributed by atoms with Crippen molar-refractivity contribution in [3.05, 3.63) is 110 Å². The number of piperidine rings is 1. The van der Waals surface area contributed by atoms with Crippen LogP contribution < -0.4 is 4.74 Å². The first-order valence-electron chi connectivity index (χ1n) is 11.9. The van der Waals surface area contributed by atoms with Crippen LogP contribution in [0, 0.1) is 32.1 Å². The Bertz CT molecular complexity index is 1400. The summed E-state index contributed by atoms with van der Waals surface area (Å²) in [5.74, 6) is -7.63. The molecule has 13 heteroatoms. The van der Waals surface area contributed by atoms with Crippen LogP contribution in [0.2, 0.25) is 0 Å². The summed E-state index contributed by atoms with van der Waals surface area (Å²) in [5.41, 5.74) is 0.0660. The minimum absolute atomic E-state index is 0.0998. The van der Waals surface area contributed by atoms with Crippen LogP contribution in [-0.2, 0) is 20.9 Å². The number of carboxylic acid groups (broad SMARTS) is 2. The van der Waals surface area contributed by atoms with Gasteiger partial charge in [0.2, 0.25) is 0 Å². The van der Waals surface area contributed by atoms with Gasteiger partial charge in [0.05, 0.1) is 29.0 Å². The Balaban J connectivity index is 2.00. The van der Waals surface area contributed by atoms with Crippen LogP contribution in [0.3, 0.4) is 0 Å². The zero-order valence-electron chi connectivity index (χ0n) is 20.9. The van der Waals surface area contributed by atoms with Crippen molar-refractivity contribution in [2.75, 3.05) is 7.11 Å². The molecule has 4 atom stereocenters. The monoisotopic (exact) mass is 549 g/mol. The third-order valence-corrected chi connectivity index (χ3v) is 6.86. The number of likely N-dealkylation sites (tertiary alicyclic amines) is 1. The molecule has 4 rings (SSSR count). The maximum absolute atomic E-state index is 13.6. The van der Waals surface area contributed by atoms with Gasteiger partial charge in [0.1, 0.15) is 17.6 Å². The summed E-state index contributed by atoms with van der Waals surface area (Å²) in [6.45, 7) is -0.106. The molecule has 206 valence electrons. The first-order valence-corrected chi connectivity index (χ1v) is 11.9. The van der Waals surface area contributed by atoms with E-state index < -0.39 is 51.5 Å². The SMILES string of the molecule is COc1ccc(CN2[C@H](c3cccc([N+](=O)[O-])c3)C(C(=O)O)C(=O)C(C(=O)O)[C@@H]2c2cccc([N+](=O)[O-])c2)cc1. The van der Waals surface area contributed by atoms with Gasteiger partial charge in [-0.05, 0) is 28.8 Å². The van der Waals surface area contributed by atoms with Crippen LogP contribution in [0.5, 0.6) is 5.75 Å². The van der Waals surface area contributed by atoms with E-state index >= 15 is 0 Å². The standard InChI is InChI=1S/C27H23N3O10/c1-40-20-10-8-15(9-11-20)14-28-23(16-4-2-6-18(12-16)29(36)37)21(26(32)33)25(31)22(27(34)35)24(28)17-5-3-7-19(13-17)30(38)39/h2-13,21-24H,14H2,1H3,(H,32,33)(H,34,35)/t21?,22?,23-,24+.